The first-order valence-electron chi connectivity index (χ1n) is 11.9. The number of benzene rings is 4. The van der Waals surface area contributed by atoms with Gasteiger partial charge in [-0.3, -0.25) is 14.9 Å². The van der Waals surface area contributed by atoms with Crippen LogP contribution in [0.15, 0.2) is 76.8 Å². The number of rotatable bonds is 8. The van der Waals surface area contributed by atoms with E-state index in [0.717, 1.165) is 22.9 Å². The van der Waals surface area contributed by atoms with E-state index >= 15 is 0 Å². The molecule has 9 nitrogen and oxygen atoms in total. The number of nitriles is 1. The van der Waals surface area contributed by atoms with Crippen LogP contribution in [-0.4, -0.2) is 23.4 Å². The fourth-order valence-corrected chi connectivity index (χ4v) is 4.98. The Balaban J connectivity index is 1.64. The Labute approximate surface area is 252 Å². The van der Waals surface area contributed by atoms with Gasteiger partial charge in [-0.1, -0.05) is 59.6 Å². The number of non-ortho nitro benzene ring substituents is 1. The number of carbonyl (C=O) groups is 2. The quantitative estimate of drug-likeness (QED) is 0.0509. The van der Waals surface area contributed by atoms with Gasteiger partial charge >= 0.3 is 5.97 Å². The van der Waals surface area contributed by atoms with Crippen LogP contribution in [0.1, 0.15) is 22.8 Å². The predicted molar refractivity (Wildman–Crippen MR) is 160 cm³/mol. The van der Waals surface area contributed by atoms with Crippen LogP contribution in [0.3, 0.4) is 0 Å². The highest BCUT2D eigenvalue weighted by Gasteiger charge is 2.21. The van der Waals surface area contributed by atoms with E-state index in [4.69, 9.17) is 32.7 Å². The average molecular weight is 655 g/mol. The second-order valence-corrected chi connectivity index (χ2v) is 10.0. The largest absolute Gasteiger partial charge is 0.490 e. The van der Waals surface area contributed by atoms with Crippen LogP contribution in [0.2, 0.25) is 10.0 Å². The van der Waals surface area contributed by atoms with Gasteiger partial charge < -0.3 is 14.8 Å². The lowest BCUT2D eigenvalue weighted by Crippen LogP contribution is -2.14. The van der Waals surface area contributed by atoms with Crippen molar-refractivity contribution < 1.29 is 24.0 Å². The maximum atomic E-state index is 13.2. The molecule has 0 aromatic heterocycles. The number of ether oxygens (including phenoxy) is 2. The highest BCUT2D eigenvalue weighted by Crippen LogP contribution is 2.39. The van der Waals surface area contributed by atoms with Crippen LogP contribution in [0, 0.1) is 21.4 Å². The van der Waals surface area contributed by atoms with E-state index in [9.17, 15) is 25.0 Å². The molecule has 1 N–H and O–H groups in total. The fraction of sp³-hybridized carbons (Fsp3) is 0.0690. The third kappa shape index (κ3) is 6.66. The molecule has 0 heterocycles. The lowest BCUT2D eigenvalue weighted by molar-refractivity contribution is -0.384. The van der Waals surface area contributed by atoms with Gasteiger partial charge in [0.2, 0.25) is 0 Å². The molecule has 0 atom stereocenters. The molecule has 0 spiro atoms. The molecule has 4 aromatic carbocycles. The Morgan fingerprint density at radius 2 is 1.78 bits per heavy atom. The first-order valence-corrected chi connectivity index (χ1v) is 13.4. The van der Waals surface area contributed by atoms with Crippen molar-refractivity contribution in [2.24, 2.45) is 0 Å². The molecular formula is C29H18BrCl2N3O6. The maximum absolute atomic E-state index is 13.2. The van der Waals surface area contributed by atoms with Crippen molar-refractivity contribution in [3.8, 4) is 17.6 Å². The molecule has 0 bridgehead atoms. The number of esters is 1. The predicted octanol–water partition coefficient (Wildman–Crippen LogP) is 7.98. The molecule has 0 aliphatic rings. The number of anilines is 1. The first-order chi connectivity index (χ1) is 19.6. The fourth-order valence-electron chi connectivity index (χ4n) is 3.87. The van der Waals surface area contributed by atoms with Gasteiger partial charge in [0, 0.05) is 12.1 Å². The first kappa shape index (κ1) is 29.6. The number of fused-ring (bicyclic) bond motifs is 1. The zero-order valence-electron chi connectivity index (χ0n) is 21.1. The number of nitrogens with zero attached hydrogens (tertiary/aromatic N) is 2. The number of halogens is 3. The van der Waals surface area contributed by atoms with Crippen molar-refractivity contribution in [1.29, 1.82) is 5.26 Å². The highest BCUT2D eigenvalue weighted by molar-refractivity contribution is 9.10. The van der Waals surface area contributed by atoms with Gasteiger partial charge in [0.15, 0.2) is 11.5 Å². The summed E-state index contributed by atoms with van der Waals surface area (Å²) in [5, 5.41) is 24.4. The number of carbonyl (C=O) groups excluding carboxylic acids is 2. The minimum atomic E-state index is -0.856. The van der Waals surface area contributed by atoms with Crippen LogP contribution >= 0.6 is 39.1 Å². The minimum absolute atomic E-state index is 0.0861. The van der Waals surface area contributed by atoms with Gasteiger partial charge in [-0.15, -0.1) is 0 Å². The zero-order valence-corrected chi connectivity index (χ0v) is 24.2. The second-order valence-electron chi connectivity index (χ2n) is 8.34. The molecule has 0 saturated heterocycles. The van der Waals surface area contributed by atoms with E-state index in [1.165, 1.54) is 12.1 Å². The van der Waals surface area contributed by atoms with Crippen molar-refractivity contribution in [3.05, 3.63) is 108 Å². The van der Waals surface area contributed by atoms with E-state index in [1.807, 2.05) is 36.4 Å². The Bertz CT molecular complexity index is 1760. The molecule has 1 amide bonds. The smallest absolute Gasteiger partial charge is 0.344 e. The minimum Gasteiger partial charge on any atom is -0.490 e. The number of hydrogen-bond donors (Lipinski definition) is 1. The van der Waals surface area contributed by atoms with Crippen molar-refractivity contribution in [2.45, 2.75) is 6.92 Å². The number of hydrogen-bond acceptors (Lipinski definition) is 7. The van der Waals surface area contributed by atoms with Crippen molar-refractivity contribution >= 4 is 79.2 Å². The van der Waals surface area contributed by atoms with Gasteiger partial charge in [0.25, 0.3) is 11.6 Å². The molecule has 4 rings (SSSR count). The van der Waals surface area contributed by atoms with E-state index < -0.39 is 16.8 Å². The zero-order chi connectivity index (χ0) is 29.7. The van der Waals surface area contributed by atoms with Gasteiger partial charge in [-0.25, -0.2) is 4.79 Å². The van der Waals surface area contributed by atoms with Gasteiger partial charge in [-0.2, -0.15) is 5.26 Å². The lowest BCUT2D eigenvalue weighted by atomic mass is 10.0. The lowest BCUT2D eigenvalue weighted by Gasteiger charge is -2.14. The van der Waals surface area contributed by atoms with Crippen LogP contribution < -0.4 is 14.8 Å². The summed E-state index contributed by atoms with van der Waals surface area (Å²) in [7, 11) is 0. The van der Waals surface area contributed by atoms with Crippen LogP contribution in [-0.2, 0) is 4.79 Å². The molecule has 0 fully saturated rings. The third-order valence-electron chi connectivity index (χ3n) is 5.69. The van der Waals surface area contributed by atoms with E-state index in [1.54, 1.807) is 25.1 Å². The SMILES string of the molecule is CCOc1cc(/C=C(\C#N)C(=O)Nc2c(Cl)cc([N+](=O)[O-])cc2Cl)cc(Br)c1OC(=O)c1cccc2ccccc12. The van der Waals surface area contributed by atoms with Crippen molar-refractivity contribution in [1.82, 2.24) is 0 Å². The van der Waals surface area contributed by atoms with Gasteiger partial charge in [0.05, 0.1) is 37.3 Å². The van der Waals surface area contributed by atoms with Gasteiger partial charge in [0.1, 0.15) is 11.6 Å². The molecule has 0 aliphatic heterocycles. The number of nitrogens with one attached hydrogen (secondary N) is 1. The summed E-state index contributed by atoms with van der Waals surface area (Å²) in [4.78, 5) is 36.4. The van der Waals surface area contributed by atoms with E-state index in [2.05, 4.69) is 21.2 Å². The van der Waals surface area contributed by atoms with Crippen LogP contribution in [0.25, 0.3) is 16.8 Å². The van der Waals surface area contributed by atoms with Crippen LogP contribution in [0.4, 0.5) is 11.4 Å². The highest BCUT2D eigenvalue weighted by atomic mass is 79.9. The molecule has 4 aromatic rings. The topological polar surface area (TPSA) is 132 Å². The molecule has 0 radical (unpaired) electrons. The Kier molecular flexibility index (Phi) is 9.24. The standard InChI is InChI=1S/C29H18BrCl2N3O6/c1-2-40-25-12-16(10-18(15-33)28(36)34-26-23(31)13-19(35(38)39)14-24(26)32)11-22(30)27(25)41-29(37)21-9-5-7-17-6-3-4-8-20(17)21/h3-14H,2H2,1H3,(H,34,36)/b18-10+. The maximum Gasteiger partial charge on any atom is 0.344 e. The summed E-state index contributed by atoms with van der Waals surface area (Å²) in [5.74, 6) is -1.14. The number of nitro groups is 1. The second kappa shape index (κ2) is 12.8. The molecule has 206 valence electrons. The summed E-state index contributed by atoms with van der Waals surface area (Å²) in [6, 6.07) is 19.7. The molecule has 0 unspecified atom stereocenters. The summed E-state index contributed by atoms with van der Waals surface area (Å²) in [6.45, 7) is 1.99. The third-order valence-corrected chi connectivity index (χ3v) is 6.87. The number of nitro benzene ring substituents is 1. The van der Waals surface area contributed by atoms with Crippen LogP contribution in [0.5, 0.6) is 11.5 Å². The molecule has 0 saturated carbocycles. The summed E-state index contributed by atoms with van der Waals surface area (Å²) in [6.07, 6.45) is 1.28. The number of amides is 1. The van der Waals surface area contributed by atoms with E-state index in [-0.39, 0.29) is 45.1 Å². The molecular weight excluding hydrogens is 637 g/mol. The molecule has 41 heavy (non-hydrogen) atoms. The van der Waals surface area contributed by atoms with Crippen molar-refractivity contribution in [2.75, 3.05) is 11.9 Å². The van der Waals surface area contributed by atoms with Crippen molar-refractivity contribution in [3.63, 3.8) is 0 Å². The Morgan fingerprint density at radius 1 is 1.10 bits per heavy atom. The monoisotopic (exact) mass is 653 g/mol. The Morgan fingerprint density at radius 3 is 2.44 bits per heavy atom. The van der Waals surface area contributed by atoms with E-state index in [0.29, 0.717) is 15.6 Å². The summed E-state index contributed by atoms with van der Waals surface area (Å²) >= 11 is 15.5. The summed E-state index contributed by atoms with van der Waals surface area (Å²) in [5.41, 5.74) is -0.0304. The molecule has 0 aliphatic carbocycles. The van der Waals surface area contributed by atoms with Gasteiger partial charge in [-0.05, 0) is 63.5 Å². The molecule has 12 heteroatoms. The Hall–Kier alpha value is -4.43. The normalized spacial score (nSPS) is 11.0. The average Bonchev–Trinajstić information content (AvgIpc) is 2.94. The summed E-state index contributed by atoms with van der Waals surface area (Å²) < 4.78 is 11.8.